The fourth-order valence-corrected chi connectivity index (χ4v) is 3.76. The van der Waals surface area contributed by atoms with Gasteiger partial charge in [-0.05, 0) is 39.2 Å². The Hall–Kier alpha value is -0.610. The molecule has 3 rings (SSSR count). The van der Waals surface area contributed by atoms with Crippen LogP contribution in [0, 0.1) is 0 Å². The number of carbonyl (C=O) groups excluding carboxylic acids is 1. The second-order valence-electron chi connectivity index (χ2n) is 5.93. The van der Waals surface area contributed by atoms with E-state index in [1.807, 2.05) is 0 Å². The van der Waals surface area contributed by atoms with Crippen molar-refractivity contribution in [1.82, 2.24) is 15.5 Å². The van der Waals surface area contributed by atoms with Gasteiger partial charge in [-0.1, -0.05) is 0 Å². The van der Waals surface area contributed by atoms with Crippen molar-refractivity contribution in [2.45, 2.75) is 62.7 Å². The van der Waals surface area contributed by atoms with E-state index in [1.54, 1.807) is 0 Å². The van der Waals surface area contributed by atoms with Gasteiger partial charge in [-0.2, -0.15) is 0 Å². The zero-order valence-corrected chi connectivity index (χ0v) is 10.6. The van der Waals surface area contributed by atoms with Gasteiger partial charge in [-0.25, -0.2) is 0 Å². The summed E-state index contributed by atoms with van der Waals surface area (Å²) in [7, 11) is 2.28. The molecule has 3 fully saturated rings. The molecule has 1 amide bonds. The Balaban J connectivity index is 1.52. The van der Waals surface area contributed by atoms with Gasteiger partial charge in [0, 0.05) is 37.1 Å². The normalized spacial score (nSPS) is 42.5. The van der Waals surface area contributed by atoms with Crippen LogP contribution in [0.2, 0.25) is 0 Å². The fourth-order valence-electron chi connectivity index (χ4n) is 3.76. The van der Waals surface area contributed by atoms with Crippen LogP contribution in [0.5, 0.6) is 0 Å². The number of nitrogens with one attached hydrogen (secondary N) is 2. The first-order valence-electron chi connectivity index (χ1n) is 6.97. The van der Waals surface area contributed by atoms with Crippen molar-refractivity contribution in [3.05, 3.63) is 0 Å². The van der Waals surface area contributed by atoms with E-state index in [0.717, 1.165) is 25.0 Å². The van der Waals surface area contributed by atoms with E-state index in [0.29, 0.717) is 18.5 Å². The number of rotatable bonds is 2. The zero-order chi connectivity index (χ0) is 11.8. The lowest BCUT2D eigenvalue weighted by Gasteiger charge is -2.39. The lowest BCUT2D eigenvalue weighted by Crippen LogP contribution is -2.54. The van der Waals surface area contributed by atoms with Crippen LogP contribution in [0.3, 0.4) is 0 Å². The van der Waals surface area contributed by atoms with Gasteiger partial charge in [-0.15, -0.1) is 0 Å². The Kier molecular flexibility index (Phi) is 3.09. The topological polar surface area (TPSA) is 44.4 Å². The highest BCUT2D eigenvalue weighted by Crippen LogP contribution is 2.34. The molecule has 3 aliphatic rings. The van der Waals surface area contributed by atoms with Gasteiger partial charge < -0.3 is 15.5 Å². The minimum absolute atomic E-state index is 0.214. The molecule has 96 valence electrons. The molecule has 17 heavy (non-hydrogen) atoms. The molecule has 0 aromatic heterocycles. The van der Waals surface area contributed by atoms with Crippen LogP contribution in [0.1, 0.15) is 38.5 Å². The molecule has 3 saturated heterocycles. The molecule has 3 heterocycles. The molecule has 0 aliphatic carbocycles. The van der Waals surface area contributed by atoms with E-state index in [-0.39, 0.29) is 5.91 Å². The maximum atomic E-state index is 11.1. The molecule has 0 aromatic carbocycles. The largest absolute Gasteiger partial charge is 0.355 e. The highest BCUT2D eigenvalue weighted by molar-refractivity contribution is 5.76. The van der Waals surface area contributed by atoms with Crippen LogP contribution in [0.4, 0.5) is 0 Å². The average Bonchev–Trinajstić information content (AvgIpc) is 2.55. The van der Waals surface area contributed by atoms with Gasteiger partial charge in [0.05, 0.1) is 0 Å². The molecule has 0 saturated carbocycles. The predicted octanol–water partition coefficient (Wildman–Crippen LogP) is 0.480. The lowest BCUT2D eigenvalue weighted by atomic mass is 9.96. The van der Waals surface area contributed by atoms with Crippen LogP contribution in [-0.4, -0.2) is 48.6 Å². The Morgan fingerprint density at radius 3 is 2.47 bits per heavy atom. The van der Waals surface area contributed by atoms with Gasteiger partial charge in [0.15, 0.2) is 0 Å². The van der Waals surface area contributed by atoms with Crippen LogP contribution in [0.15, 0.2) is 0 Å². The Morgan fingerprint density at radius 2 is 1.88 bits per heavy atom. The second kappa shape index (κ2) is 4.58. The SMILES string of the molecule is CN1C2CCC1CC(NC1CCC(=O)NC1)C2. The van der Waals surface area contributed by atoms with E-state index in [9.17, 15) is 4.79 Å². The van der Waals surface area contributed by atoms with Crippen molar-refractivity contribution < 1.29 is 4.79 Å². The molecular formula is C13H23N3O. The summed E-state index contributed by atoms with van der Waals surface area (Å²) in [5.41, 5.74) is 0. The Bertz CT molecular complexity index is 283. The minimum atomic E-state index is 0.214. The summed E-state index contributed by atoms with van der Waals surface area (Å²) in [6.07, 6.45) is 7.03. The van der Waals surface area contributed by atoms with Crippen LogP contribution in [0.25, 0.3) is 0 Å². The highest BCUT2D eigenvalue weighted by atomic mass is 16.1. The summed E-state index contributed by atoms with van der Waals surface area (Å²) in [4.78, 5) is 13.7. The molecule has 2 N–H and O–H groups in total. The third-order valence-corrected chi connectivity index (χ3v) is 4.84. The number of nitrogens with zero attached hydrogens (tertiary/aromatic N) is 1. The third-order valence-electron chi connectivity index (χ3n) is 4.84. The molecule has 0 radical (unpaired) electrons. The van der Waals surface area contributed by atoms with Gasteiger partial charge in [0.2, 0.25) is 5.91 Å². The first kappa shape index (κ1) is 11.5. The van der Waals surface area contributed by atoms with Gasteiger partial charge >= 0.3 is 0 Å². The van der Waals surface area contributed by atoms with Crippen molar-refractivity contribution in [3.63, 3.8) is 0 Å². The maximum absolute atomic E-state index is 11.1. The van der Waals surface area contributed by atoms with Crippen LogP contribution < -0.4 is 10.6 Å². The summed E-state index contributed by atoms with van der Waals surface area (Å²) in [5.74, 6) is 0.214. The van der Waals surface area contributed by atoms with Gasteiger partial charge in [0.25, 0.3) is 0 Å². The molecule has 0 spiro atoms. The summed E-state index contributed by atoms with van der Waals surface area (Å²) >= 11 is 0. The molecule has 3 atom stereocenters. The Morgan fingerprint density at radius 1 is 1.18 bits per heavy atom. The maximum Gasteiger partial charge on any atom is 0.220 e. The lowest BCUT2D eigenvalue weighted by molar-refractivity contribution is -0.122. The van der Waals surface area contributed by atoms with Crippen molar-refractivity contribution in [2.75, 3.05) is 13.6 Å². The first-order valence-corrected chi connectivity index (χ1v) is 6.97. The highest BCUT2D eigenvalue weighted by Gasteiger charge is 2.38. The molecular weight excluding hydrogens is 214 g/mol. The first-order chi connectivity index (χ1) is 8.22. The fraction of sp³-hybridized carbons (Fsp3) is 0.923. The molecule has 3 unspecified atom stereocenters. The number of piperidine rings is 2. The second-order valence-corrected chi connectivity index (χ2v) is 5.93. The third kappa shape index (κ3) is 2.33. The summed E-state index contributed by atoms with van der Waals surface area (Å²) in [6, 6.07) is 2.76. The number of amides is 1. The van der Waals surface area contributed by atoms with E-state index < -0.39 is 0 Å². The number of fused-ring (bicyclic) bond motifs is 2. The van der Waals surface area contributed by atoms with Crippen LogP contribution in [-0.2, 0) is 4.79 Å². The van der Waals surface area contributed by atoms with E-state index in [4.69, 9.17) is 0 Å². The molecule has 0 aromatic rings. The van der Waals surface area contributed by atoms with Crippen molar-refractivity contribution in [1.29, 1.82) is 0 Å². The monoisotopic (exact) mass is 237 g/mol. The van der Waals surface area contributed by atoms with E-state index >= 15 is 0 Å². The molecule has 4 nitrogen and oxygen atoms in total. The number of hydrogen-bond donors (Lipinski definition) is 2. The van der Waals surface area contributed by atoms with Crippen molar-refractivity contribution in [2.24, 2.45) is 0 Å². The minimum Gasteiger partial charge on any atom is -0.355 e. The summed E-state index contributed by atoms with van der Waals surface area (Å²) in [5, 5.41) is 6.71. The predicted molar refractivity (Wildman–Crippen MR) is 66.8 cm³/mol. The Labute approximate surface area is 103 Å². The zero-order valence-electron chi connectivity index (χ0n) is 10.6. The summed E-state index contributed by atoms with van der Waals surface area (Å²) < 4.78 is 0. The van der Waals surface area contributed by atoms with Crippen molar-refractivity contribution >= 4 is 5.91 Å². The van der Waals surface area contributed by atoms with Crippen LogP contribution >= 0.6 is 0 Å². The van der Waals surface area contributed by atoms with E-state index in [2.05, 4.69) is 22.6 Å². The van der Waals surface area contributed by atoms with E-state index in [1.165, 1.54) is 25.7 Å². The van der Waals surface area contributed by atoms with Crippen molar-refractivity contribution in [3.8, 4) is 0 Å². The molecule has 3 aliphatic heterocycles. The number of carbonyl (C=O) groups is 1. The van der Waals surface area contributed by atoms with Gasteiger partial charge in [-0.3, -0.25) is 4.79 Å². The summed E-state index contributed by atoms with van der Waals surface area (Å²) in [6.45, 7) is 0.820. The smallest absolute Gasteiger partial charge is 0.220 e. The quantitative estimate of drug-likeness (QED) is 0.734. The van der Waals surface area contributed by atoms with Gasteiger partial charge in [0.1, 0.15) is 0 Å². The standard InChI is InChI=1S/C13H23N3O/c1-16-11-3-4-12(16)7-10(6-11)15-9-2-5-13(17)14-8-9/h9-12,15H,2-8H2,1H3,(H,14,17). The number of hydrogen-bond acceptors (Lipinski definition) is 3. The molecule has 4 heteroatoms. The molecule has 2 bridgehead atoms. The average molecular weight is 237 g/mol.